The van der Waals surface area contributed by atoms with Crippen LogP contribution in [0.5, 0.6) is 5.75 Å². The van der Waals surface area contributed by atoms with Crippen LogP contribution in [-0.2, 0) is 22.6 Å². The molecule has 0 saturated heterocycles. The van der Waals surface area contributed by atoms with Crippen molar-refractivity contribution in [3.05, 3.63) is 124 Å². The number of fused-ring (bicyclic) bond motifs is 1. The number of carbonyl (C=O) groups is 2. The van der Waals surface area contributed by atoms with E-state index >= 15 is 0 Å². The number of thiophene rings is 1. The van der Waals surface area contributed by atoms with Crippen LogP contribution in [0.2, 0.25) is 5.02 Å². The second-order valence-corrected chi connectivity index (χ2v) is 10.6. The molecule has 39 heavy (non-hydrogen) atoms. The Balaban J connectivity index is 1.26. The molecule has 0 fully saturated rings. The van der Waals surface area contributed by atoms with Gasteiger partial charge in [-0.2, -0.15) is 0 Å². The van der Waals surface area contributed by atoms with Crippen molar-refractivity contribution < 1.29 is 19.1 Å². The third kappa shape index (κ3) is 6.66. The van der Waals surface area contributed by atoms with Crippen LogP contribution in [0.25, 0.3) is 21.2 Å². The molecule has 5 aromatic rings. The summed E-state index contributed by atoms with van der Waals surface area (Å²) in [6, 6.07) is 32.2. The zero-order valence-electron chi connectivity index (χ0n) is 21.2. The van der Waals surface area contributed by atoms with E-state index in [1.54, 1.807) is 0 Å². The molecular formula is C32H26ClNO4S. The van der Waals surface area contributed by atoms with Gasteiger partial charge in [-0.1, -0.05) is 72.3 Å². The lowest BCUT2D eigenvalue weighted by atomic mass is 10.0. The van der Waals surface area contributed by atoms with Gasteiger partial charge in [0.05, 0.1) is 12.0 Å². The van der Waals surface area contributed by atoms with E-state index in [1.165, 1.54) is 18.4 Å². The Morgan fingerprint density at radius 1 is 0.846 bits per heavy atom. The Bertz CT molecular complexity index is 1580. The maximum Gasteiger partial charge on any atom is 0.328 e. The average Bonchev–Trinajstić information content (AvgIpc) is 3.41. The molecule has 1 aromatic heterocycles. The number of methoxy groups -OCH3 is 1. The van der Waals surface area contributed by atoms with Crippen LogP contribution in [0, 0.1) is 0 Å². The maximum absolute atomic E-state index is 13.2. The molecular weight excluding hydrogens is 530 g/mol. The Morgan fingerprint density at radius 2 is 1.56 bits per heavy atom. The molecule has 1 amide bonds. The van der Waals surface area contributed by atoms with Gasteiger partial charge in [0, 0.05) is 16.1 Å². The summed E-state index contributed by atoms with van der Waals surface area (Å²) in [5, 5.41) is 4.50. The standard InChI is InChI=1S/C32H26ClNO4S/c1-37-32(36)28(17-21-7-14-27(15-8-21)38-20-22-5-3-2-4-6-22)34-31(35)30-19-25-18-24(11-16-29(25)39-30)23-9-12-26(33)13-10-23/h2-16,18-19,28H,17,20H2,1H3,(H,34,35). The molecule has 1 atom stereocenters. The SMILES string of the molecule is COC(=O)C(Cc1ccc(OCc2ccccc2)cc1)NC(=O)c1cc2cc(-c3ccc(Cl)cc3)ccc2s1. The van der Waals surface area contributed by atoms with Crippen LogP contribution in [-0.4, -0.2) is 25.0 Å². The van der Waals surface area contributed by atoms with E-state index in [2.05, 4.69) is 5.32 Å². The smallest absolute Gasteiger partial charge is 0.328 e. The number of ether oxygens (including phenoxy) is 2. The molecule has 5 rings (SSSR count). The van der Waals surface area contributed by atoms with Crippen molar-refractivity contribution in [1.82, 2.24) is 5.32 Å². The van der Waals surface area contributed by atoms with Crippen LogP contribution in [0.1, 0.15) is 20.8 Å². The maximum atomic E-state index is 13.2. The minimum Gasteiger partial charge on any atom is -0.489 e. The van der Waals surface area contributed by atoms with E-state index in [4.69, 9.17) is 21.1 Å². The van der Waals surface area contributed by atoms with Crippen LogP contribution < -0.4 is 10.1 Å². The number of halogens is 1. The molecule has 7 heteroatoms. The summed E-state index contributed by atoms with van der Waals surface area (Å²) >= 11 is 7.40. The molecule has 0 aliphatic carbocycles. The summed E-state index contributed by atoms with van der Waals surface area (Å²) in [6.45, 7) is 0.470. The van der Waals surface area contributed by atoms with E-state index in [-0.39, 0.29) is 5.91 Å². The highest BCUT2D eigenvalue weighted by Gasteiger charge is 2.23. The van der Waals surface area contributed by atoms with Gasteiger partial charge in [0.2, 0.25) is 0 Å². The number of carbonyl (C=O) groups excluding carboxylic acids is 2. The molecule has 0 aliphatic rings. The normalized spacial score (nSPS) is 11.6. The van der Waals surface area contributed by atoms with Crippen molar-refractivity contribution in [3.63, 3.8) is 0 Å². The van der Waals surface area contributed by atoms with Gasteiger partial charge in [0.15, 0.2) is 0 Å². The number of rotatable bonds is 9. The lowest BCUT2D eigenvalue weighted by Crippen LogP contribution is -2.42. The van der Waals surface area contributed by atoms with Crippen molar-refractivity contribution in [2.45, 2.75) is 19.1 Å². The van der Waals surface area contributed by atoms with Crippen LogP contribution in [0.15, 0.2) is 103 Å². The molecule has 4 aromatic carbocycles. The first-order chi connectivity index (χ1) is 19.0. The highest BCUT2D eigenvalue weighted by atomic mass is 35.5. The van der Waals surface area contributed by atoms with Gasteiger partial charge in [0.1, 0.15) is 18.4 Å². The van der Waals surface area contributed by atoms with E-state index in [9.17, 15) is 9.59 Å². The predicted molar refractivity (Wildman–Crippen MR) is 156 cm³/mol. The Hall–Kier alpha value is -4.13. The third-order valence-corrected chi connectivity index (χ3v) is 7.69. The topological polar surface area (TPSA) is 64.6 Å². The molecule has 196 valence electrons. The van der Waals surface area contributed by atoms with Crippen molar-refractivity contribution in [1.29, 1.82) is 0 Å². The Morgan fingerprint density at radius 3 is 2.28 bits per heavy atom. The summed E-state index contributed by atoms with van der Waals surface area (Å²) in [5.41, 5.74) is 4.03. The van der Waals surface area contributed by atoms with Gasteiger partial charge in [-0.15, -0.1) is 11.3 Å². The van der Waals surface area contributed by atoms with Crippen molar-refractivity contribution in [2.24, 2.45) is 0 Å². The molecule has 5 nitrogen and oxygen atoms in total. The van der Waals surface area contributed by atoms with Gasteiger partial charge in [-0.05, 0) is 70.1 Å². The average molecular weight is 556 g/mol. The fourth-order valence-electron chi connectivity index (χ4n) is 4.24. The lowest BCUT2D eigenvalue weighted by Gasteiger charge is -2.16. The van der Waals surface area contributed by atoms with Crippen LogP contribution in [0.3, 0.4) is 0 Å². The number of amides is 1. The lowest BCUT2D eigenvalue weighted by molar-refractivity contribution is -0.142. The minimum atomic E-state index is -0.826. The third-order valence-electron chi connectivity index (χ3n) is 6.32. The second-order valence-electron chi connectivity index (χ2n) is 9.04. The summed E-state index contributed by atoms with van der Waals surface area (Å²) in [5.74, 6) is -0.0918. The molecule has 1 N–H and O–H groups in total. The fraction of sp³-hybridized carbons (Fsp3) is 0.125. The summed E-state index contributed by atoms with van der Waals surface area (Å²) in [4.78, 5) is 26.2. The van der Waals surface area contributed by atoms with E-state index in [0.717, 1.165) is 38.1 Å². The number of hydrogen-bond acceptors (Lipinski definition) is 5. The Labute approximate surface area is 236 Å². The minimum absolute atomic E-state index is 0.295. The Kier molecular flexibility index (Phi) is 8.25. The number of benzene rings is 4. The predicted octanol–water partition coefficient (Wildman–Crippen LogP) is 7.31. The zero-order chi connectivity index (χ0) is 27.2. The van der Waals surface area contributed by atoms with Crippen LogP contribution >= 0.6 is 22.9 Å². The van der Waals surface area contributed by atoms with E-state index in [1.807, 2.05) is 103 Å². The van der Waals surface area contributed by atoms with Crippen LogP contribution in [0.4, 0.5) is 0 Å². The zero-order valence-corrected chi connectivity index (χ0v) is 22.8. The van der Waals surface area contributed by atoms with Crippen molar-refractivity contribution >= 4 is 44.9 Å². The number of hydrogen-bond donors (Lipinski definition) is 1. The monoisotopic (exact) mass is 555 g/mol. The molecule has 1 heterocycles. The van der Waals surface area contributed by atoms with Crippen molar-refractivity contribution in [3.8, 4) is 16.9 Å². The molecule has 0 aliphatic heterocycles. The number of esters is 1. The largest absolute Gasteiger partial charge is 0.489 e. The summed E-state index contributed by atoms with van der Waals surface area (Å²) < 4.78 is 11.8. The van der Waals surface area contributed by atoms with Gasteiger partial charge in [-0.25, -0.2) is 4.79 Å². The van der Waals surface area contributed by atoms with Gasteiger partial charge < -0.3 is 14.8 Å². The van der Waals surface area contributed by atoms with Gasteiger partial charge in [-0.3, -0.25) is 4.79 Å². The first-order valence-electron chi connectivity index (χ1n) is 12.4. The van der Waals surface area contributed by atoms with Gasteiger partial charge in [0.25, 0.3) is 5.91 Å². The first kappa shape index (κ1) is 26.5. The summed E-state index contributed by atoms with van der Waals surface area (Å²) in [7, 11) is 1.32. The number of nitrogens with one attached hydrogen (secondary N) is 1. The molecule has 1 unspecified atom stereocenters. The van der Waals surface area contributed by atoms with E-state index in [0.29, 0.717) is 22.9 Å². The second kappa shape index (κ2) is 12.2. The quantitative estimate of drug-likeness (QED) is 0.194. The molecule has 0 bridgehead atoms. The highest BCUT2D eigenvalue weighted by molar-refractivity contribution is 7.20. The molecule has 0 radical (unpaired) electrons. The highest BCUT2D eigenvalue weighted by Crippen LogP contribution is 2.31. The van der Waals surface area contributed by atoms with Crippen molar-refractivity contribution in [2.75, 3.05) is 7.11 Å². The van der Waals surface area contributed by atoms with Gasteiger partial charge >= 0.3 is 5.97 Å². The molecule has 0 saturated carbocycles. The molecule has 0 spiro atoms. The van der Waals surface area contributed by atoms with E-state index < -0.39 is 12.0 Å². The summed E-state index contributed by atoms with van der Waals surface area (Å²) in [6.07, 6.45) is 0.295. The first-order valence-corrected chi connectivity index (χ1v) is 13.6. The fourth-order valence-corrected chi connectivity index (χ4v) is 5.31.